The average molecular weight is 423 g/mol. The maximum absolute atomic E-state index is 12.9. The number of imidazole rings is 1. The van der Waals surface area contributed by atoms with Crippen LogP contribution in [-0.4, -0.2) is 40.4 Å². The van der Waals surface area contributed by atoms with E-state index in [-0.39, 0.29) is 30.1 Å². The van der Waals surface area contributed by atoms with Crippen LogP contribution >= 0.6 is 0 Å². The molecule has 0 aliphatic heterocycles. The van der Waals surface area contributed by atoms with Gasteiger partial charge in [-0.25, -0.2) is 9.78 Å². The number of benzene rings is 2. The zero-order chi connectivity index (χ0) is 21.8. The molecule has 0 saturated heterocycles. The fraction of sp³-hybridized carbons (Fsp3) is 0.417. The number of aromatic amines is 1. The number of carbonyl (C=O) groups is 1. The summed E-state index contributed by atoms with van der Waals surface area (Å²) in [4.78, 5) is 21.0. The lowest BCUT2D eigenvalue weighted by Crippen LogP contribution is -2.46. The number of H-pyrrole nitrogens is 1. The Bertz CT molecular complexity index is 976. The number of aromatic nitrogens is 2. The van der Waals surface area contributed by atoms with E-state index >= 15 is 0 Å². The van der Waals surface area contributed by atoms with Crippen LogP contribution < -0.4 is 15.4 Å². The van der Waals surface area contributed by atoms with Gasteiger partial charge in [0.05, 0.1) is 30.3 Å². The van der Waals surface area contributed by atoms with Crippen LogP contribution in [-0.2, 0) is 0 Å². The highest BCUT2D eigenvalue weighted by Gasteiger charge is 2.28. The minimum Gasteiger partial charge on any atom is -0.497 e. The Morgan fingerprint density at radius 1 is 1.13 bits per heavy atom. The van der Waals surface area contributed by atoms with E-state index in [1.54, 1.807) is 7.11 Å². The Kier molecular flexibility index (Phi) is 6.42. The molecule has 164 valence electrons. The van der Waals surface area contributed by atoms with E-state index in [1.807, 2.05) is 48.5 Å². The van der Waals surface area contributed by atoms with Crippen LogP contribution in [0, 0.1) is 0 Å². The van der Waals surface area contributed by atoms with Gasteiger partial charge in [-0.15, -0.1) is 0 Å². The molecule has 2 aromatic carbocycles. The van der Waals surface area contributed by atoms with E-state index < -0.39 is 0 Å². The van der Waals surface area contributed by atoms with E-state index in [0.717, 1.165) is 53.9 Å². The maximum Gasteiger partial charge on any atom is 0.315 e. The number of urea groups is 1. The number of nitrogens with zero attached hydrogens (tertiary/aromatic N) is 1. The minimum atomic E-state index is -0.338. The van der Waals surface area contributed by atoms with Crippen LogP contribution in [0.25, 0.3) is 11.0 Å². The third-order valence-corrected chi connectivity index (χ3v) is 6.16. The molecule has 3 aromatic rings. The second-order valence-electron chi connectivity index (χ2n) is 8.30. The predicted octanol–water partition coefficient (Wildman–Crippen LogP) is 4.02. The second-order valence-corrected chi connectivity index (χ2v) is 8.30. The van der Waals surface area contributed by atoms with Crippen molar-refractivity contribution in [2.75, 3.05) is 7.11 Å². The lowest BCUT2D eigenvalue weighted by atomic mass is 9.92. The van der Waals surface area contributed by atoms with Gasteiger partial charge in [-0.2, -0.15) is 0 Å². The van der Waals surface area contributed by atoms with Crippen molar-refractivity contribution in [1.29, 1.82) is 0 Å². The summed E-state index contributed by atoms with van der Waals surface area (Å²) in [7, 11) is 1.64. The Morgan fingerprint density at radius 3 is 2.52 bits per heavy atom. The number of amides is 2. The molecule has 1 fully saturated rings. The summed E-state index contributed by atoms with van der Waals surface area (Å²) < 4.78 is 5.27. The van der Waals surface area contributed by atoms with Crippen LogP contribution in [0.4, 0.5) is 4.79 Å². The SMILES string of the molecule is COc1ccc(C(C)C(NC(=O)NC2CCC(O)CC2)c2nc3ccccc3[nH]2)cc1. The van der Waals surface area contributed by atoms with Gasteiger partial charge in [0.25, 0.3) is 0 Å². The zero-order valence-electron chi connectivity index (χ0n) is 18.0. The zero-order valence-corrected chi connectivity index (χ0v) is 18.0. The highest BCUT2D eigenvalue weighted by molar-refractivity contribution is 5.77. The molecule has 7 nitrogen and oxygen atoms in total. The summed E-state index contributed by atoms with van der Waals surface area (Å²) in [5.74, 6) is 1.49. The Balaban J connectivity index is 1.56. The van der Waals surface area contributed by atoms with Crippen molar-refractivity contribution in [2.24, 2.45) is 0 Å². The molecule has 1 aliphatic rings. The third kappa shape index (κ3) is 4.99. The third-order valence-electron chi connectivity index (χ3n) is 6.16. The average Bonchev–Trinajstić information content (AvgIpc) is 3.22. The van der Waals surface area contributed by atoms with Crippen molar-refractivity contribution < 1.29 is 14.6 Å². The van der Waals surface area contributed by atoms with Crippen LogP contribution in [0.3, 0.4) is 0 Å². The van der Waals surface area contributed by atoms with Crippen molar-refractivity contribution in [3.05, 3.63) is 59.9 Å². The van der Waals surface area contributed by atoms with Crippen molar-refractivity contribution >= 4 is 17.1 Å². The summed E-state index contributed by atoms with van der Waals surface area (Å²) in [6, 6.07) is 15.3. The predicted molar refractivity (Wildman–Crippen MR) is 120 cm³/mol. The van der Waals surface area contributed by atoms with Gasteiger partial charge in [-0.05, 0) is 55.5 Å². The number of ether oxygens (including phenoxy) is 1. The summed E-state index contributed by atoms with van der Waals surface area (Å²) in [6.45, 7) is 2.08. The Morgan fingerprint density at radius 2 is 1.84 bits per heavy atom. The molecule has 1 aromatic heterocycles. The molecule has 0 bridgehead atoms. The molecule has 4 N–H and O–H groups in total. The van der Waals surface area contributed by atoms with Gasteiger partial charge in [0.2, 0.25) is 0 Å². The number of rotatable bonds is 6. The molecular weight excluding hydrogens is 392 g/mol. The lowest BCUT2D eigenvalue weighted by molar-refractivity contribution is 0.117. The first-order valence-corrected chi connectivity index (χ1v) is 10.9. The number of methoxy groups -OCH3 is 1. The summed E-state index contributed by atoms with van der Waals surface area (Å²) in [5, 5.41) is 15.9. The van der Waals surface area contributed by atoms with Crippen LogP contribution in [0.15, 0.2) is 48.5 Å². The number of aliphatic hydroxyl groups is 1. The van der Waals surface area contributed by atoms with Crippen LogP contribution in [0.1, 0.15) is 56.0 Å². The quantitative estimate of drug-likeness (QED) is 0.482. The molecule has 2 unspecified atom stereocenters. The summed E-state index contributed by atoms with van der Waals surface area (Å²) in [6.07, 6.45) is 2.77. The number of nitrogens with one attached hydrogen (secondary N) is 3. The number of para-hydroxylation sites is 2. The fourth-order valence-corrected chi connectivity index (χ4v) is 4.24. The van der Waals surface area contributed by atoms with E-state index in [9.17, 15) is 9.90 Å². The molecule has 1 heterocycles. The lowest BCUT2D eigenvalue weighted by Gasteiger charge is -2.29. The minimum absolute atomic E-state index is 0.0228. The van der Waals surface area contributed by atoms with Crippen LogP contribution in [0.5, 0.6) is 5.75 Å². The largest absolute Gasteiger partial charge is 0.497 e. The monoisotopic (exact) mass is 422 g/mol. The molecule has 1 aliphatic carbocycles. The van der Waals surface area contributed by atoms with Gasteiger partial charge in [-0.1, -0.05) is 31.2 Å². The van der Waals surface area contributed by atoms with Gasteiger partial charge in [0.15, 0.2) is 0 Å². The van der Waals surface area contributed by atoms with Gasteiger partial charge in [0, 0.05) is 12.0 Å². The molecule has 1 saturated carbocycles. The molecular formula is C24H30N4O3. The second kappa shape index (κ2) is 9.39. The smallest absolute Gasteiger partial charge is 0.315 e. The van der Waals surface area contributed by atoms with Crippen molar-refractivity contribution in [2.45, 2.75) is 56.7 Å². The molecule has 7 heteroatoms. The topological polar surface area (TPSA) is 99.3 Å². The van der Waals surface area contributed by atoms with E-state index in [1.165, 1.54) is 0 Å². The first-order chi connectivity index (χ1) is 15.0. The standard InChI is InChI=1S/C24H30N4O3/c1-15(16-7-13-19(31-2)14-8-16)22(23-26-20-5-3-4-6-21(20)27-23)28-24(30)25-17-9-11-18(29)12-10-17/h3-8,13-15,17-18,22,29H,9-12H2,1-2H3,(H,26,27)(H2,25,28,30). The Labute approximate surface area is 182 Å². The molecule has 31 heavy (non-hydrogen) atoms. The van der Waals surface area contributed by atoms with E-state index in [2.05, 4.69) is 22.5 Å². The number of hydrogen-bond donors (Lipinski definition) is 4. The molecule has 4 rings (SSSR count). The van der Waals surface area contributed by atoms with E-state index in [0.29, 0.717) is 0 Å². The molecule has 0 radical (unpaired) electrons. The normalized spacial score (nSPS) is 20.7. The highest BCUT2D eigenvalue weighted by Crippen LogP contribution is 2.31. The van der Waals surface area contributed by atoms with Gasteiger partial charge in [-0.3, -0.25) is 0 Å². The summed E-state index contributed by atoms with van der Waals surface area (Å²) >= 11 is 0. The number of carbonyl (C=O) groups excluding carboxylic acids is 1. The van der Waals surface area contributed by atoms with E-state index in [4.69, 9.17) is 9.72 Å². The first kappa shape index (κ1) is 21.2. The van der Waals surface area contributed by atoms with Crippen molar-refractivity contribution in [1.82, 2.24) is 20.6 Å². The van der Waals surface area contributed by atoms with Gasteiger partial charge >= 0.3 is 6.03 Å². The maximum atomic E-state index is 12.9. The molecule has 2 atom stereocenters. The molecule has 2 amide bonds. The fourth-order valence-electron chi connectivity index (χ4n) is 4.24. The number of hydrogen-bond acceptors (Lipinski definition) is 4. The van der Waals surface area contributed by atoms with Crippen LogP contribution in [0.2, 0.25) is 0 Å². The van der Waals surface area contributed by atoms with Crippen molar-refractivity contribution in [3.63, 3.8) is 0 Å². The Hall–Kier alpha value is -3.06. The van der Waals surface area contributed by atoms with Gasteiger partial charge in [0.1, 0.15) is 11.6 Å². The number of fused-ring (bicyclic) bond motifs is 1. The van der Waals surface area contributed by atoms with Crippen molar-refractivity contribution in [3.8, 4) is 5.75 Å². The summed E-state index contributed by atoms with van der Waals surface area (Å²) in [5.41, 5.74) is 2.88. The highest BCUT2D eigenvalue weighted by atomic mass is 16.5. The first-order valence-electron chi connectivity index (χ1n) is 10.9. The molecule has 0 spiro atoms. The van der Waals surface area contributed by atoms with Gasteiger partial charge < -0.3 is 25.5 Å². The number of aliphatic hydroxyl groups excluding tert-OH is 1.